The second-order valence-electron chi connectivity index (χ2n) is 8.34. The van der Waals surface area contributed by atoms with Crippen molar-refractivity contribution in [3.8, 4) is 11.5 Å². The molecule has 0 bridgehead atoms. The Hall–Kier alpha value is -3.41. The van der Waals surface area contributed by atoms with E-state index in [2.05, 4.69) is 11.4 Å². The molecule has 1 aliphatic carbocycles. The Morgan fingerprint density at radius 1 is 1.07 bits per heavy atom. The minimum atomic E-state index is -0.0174. The first-order valence-electron chi connectivity index (χ1n) is 10.6. The molecule has 4 aromatic rings. The lowest BCUT2D eigenvalue weighted by Crippen LogP contribution is -2.31. The smallest absolute Gasteiger partial charge is 0.261 e. The van der Waals surface area contributed by atoms with Gasteiger partial charge in [0.2, 0.25) is 5.91 Å². The van der Waals surface area contributed by atoms with Crippen LogP contribution in [-0.4, -0.2) is 26.6 Å². The minimum Gasteiger partial charge on any atom is -0.354 e. The molecule has 30 heavy (non-hydrogen) atoms. The highest BCUT2D eigenvalue weighted by Gasteiger charge is 2.28. The van der Waals surface area contributed by atoms with Crippen molar-refractivity contribution in [1.29, 1.82) is 0 Å². The van der Waals surface area contributed by atoms with E-state index in [0.29, 0.717) is 29.2 Å². The lowest BCUT2D eigenvalue weighted by atomic mass is 10.0. The fraction of sp³-hybridized carbons (Fsp3) is 0.292. The highest BCUT2D eigenvalue weighted by molar-refractivity contribution is 5.93. The van der Waals surface area contributed by atoms with Crippen LogP contribution in [0.2, 0.25) is 0 Å². The third kappa shape index (κ3) is 2.67. The summed E-state index contributed by atoms with van der Waals surface area (Å²) in [6, 6.07) is 15.6. The molecule has 1 N–H and O–H groups in total. The molecule has 2 aliphatic rings. The molecule has 0 atom stereocenters. The van der Waals surface area contributed by atoms with Crippen LogP contribution in [0.25, 0.3) is 33.3 Å². The monoisotopic (exact) mass is 398 g/mol. The van der Waals surface area contributed by atoms with Crippen molar-refractivity contribution in [1.82, 2.24) is 19.4 Å². The number of hydrogen-bond acceptors (Lipinski definition) is 3. The van der Waals surface area contributed by atoms with Gasteiger partial charge in [-0.25, -0.2) is 4.98 Å². The molecule has 1 amide bonds. The summed E-state index contributed by atoms with van der Waals surface area (Å²) in [5.41, 5.74) is 3.75. The Kier molecular flexibility index (Phi) is 3.81. The van der Waals surface area contributed by atoms with Crippen LogP contribution in [0, 0.1) is 5.92 Å². The molecule has 0 spiro atoms. The van der Waals surface area contributed by atoms with E-state index in [-0.39, 0.29) is 18.0 Å². The summed E-state index contributed by atoms with van der Waals surface area (Å²) in [6.45, 7) is 1.57. The number of fused-ring (bicyclic) bond motifs is 6. The van der Waals surface area contributed by atoms with Gasteiger partial charge in [0.25, 0.3) is 5.56 Å². The van der Waals surface area contributed by atoms with Crippen molar-refractivity contribution in [2.45, 2.75) is 32.4 Å². The maximum absolute atomic E-state index is 13.2. The van der Waals surface area contributed by atoms with Crippen LogP contribution in [0.15, 0.2) is 53.3 Å². The van der Waals surface area contributed by atoms with Crippen molar-refractivity contribution in [3.05, 3.63) is 64.4 Å². The zero-order valence-corrected chi connectivity index (χ0v) is 16.6. The number of aryl methyl sites for hydroxylation is 1. The van der Waals surface area contributed by atoms with E-state index in [9.17, 15) is 9.59 Å². The lowest BCUT2D eigenvalue weighted by Gasteiger charge is -2.21. The van der Waals surface area contributed by atoms with Gasteiger partial charge in [-0.3, -0.25) is 14.2 Å². The maximum Gasteiger partial charge on any atom is 0.261 e. The molecule has 6 nitrogen and oxygen atoms in total. The fourth-order valence-electron chi connectivity index (χ4n) is 4.61. The second kappa shape index (κ2) is 6.55. The number of rotatable bonds is 4. The van der Waals surface area contributed by atoms with Gasteiger partial charge in [-0.15, -0.1) is 0 Å². The molecule has 1 saturated carbocycles. The number of benzene rings is 2. The zero-order valence-electron chi connectivity index (χ0n) is 16.6. The topological polar surface area (TPSA) is 68.9 Å². The molecule has 150 valence electrons. The van der Waals surface area contributed by atoms with E-state index < -0.39 is 0 Å². The third-order valence-electron chi connectivity index (χ3n) is 6.32. The molecule has 0 saturated heterocycles. The van der Waals surface area contributed by atoms with Crippen molar-refractivity contribution in [2.24, 2.45) is 5.92 Å². The molecule has 2 aromatic carbocycles. The molecule has 1 aliphatic heterocycles. The zero-order chi connectivity index (χ0) is 20.2. The fourth-order valence-corrected chi connectivity index (χ4v) is 4.61. The number of nitrogens with one attached hydrogen (secondary N) is 1. The van der Waals surface area contributed by atoms with Gasteiger partial charge in [-0.05, 0) is 48.9 Å². The van der Waals surface area contributed by atoms with Crippen LogP contribution >= 0.6 is 0 Å². The van der Waals surface area contributed by atoms with E-state index in [4.69, 9.17) is 4.98 Å². The van der Waals surface area contributed by atoms with Crippen LogP contribution in [-0.2, 0) is 24.3 Å². The standard InChI is InChI=1S/C24H22N4O2/c29-21(25-13-15-9-10-15)14-28-20-8-4-2-5-16(20)17-11-12-27-23(22(17)28)26-19-7-3-1-6-18(19)24(27)30/h1-8,15H,9-14H2,(H,25,29). The Morgan fingerprint density at radius 3 is 2.67 bits per heavy atom. The van der Waals surface area contributed by atoms with Crippen LogP contribution in [0.1, 0.15) is 18.4 Å². The van der Waals surface area contributed by atoms with Gasteiger partial charge in [0, 0.05) is 24.0 Å². The summed E-state index contributed by atoms with van der Waals surface area (Å²) in [7, 11) is 0. The lowest BCUT2D eigenvalue weighted by molar-refractivity contribution is -0.121. The SMILES string of the molecule is O=C(Cn1c2c(c3ccccc31)CCn1c-2nc2ccccc2c1=O)NCC1CC1. The molecule has 6 rings (SSSR count). The predicted octanol–water partition coefficient (Wildman–Crippen LogP) is 3.10. The van der Waals surface area contributed by atoms with Crippen LogP contribution < -0.4 is 10.9 Å². The van der Waals surface area contributed by atoms with Gasteiger partial charge >= 0.3 is 0 Å². The molecule has 0 radical (unpaired) electrons. The van der Waals surface area contributed by atoms with E-state index in [1.54, 1.807) is 4.57 Å². The molecular weight excluding hydrogens is 376 g/mol. The summed E-state index contributed by atoms with van der Waals surface area (Å²) in [5.74, 6) is 1.30. The first-order valence-corrected chi connectivity index (χ1v) is 10.6. The van der Waals surface area contributed by atoms with Crippen LogP contribution in [0.3, 0.4) is 0 Å². The number of para-hydroxylation sites is 2. The van der Waals surface area contributed by atoms with Gasteiger partial charge in [-0.1, -0.05) is 30.3 Å². The van der Waals surface area contributed by atoms with E-state index in [1.165, 1.54) is 18.4 Å². The number of carbonyl (C=O) groups is 1. The number of hydrogen-bond donors (Lipinski definition) is 1. The highest BCUT2D eigenvalue weighted by Crippen LogP contribution is 2.36. The summed E-state index contributed by atoms with van der Waals surface area (Å²) in [5, 5.41) is 4.84. The predicted molar refractivity (Wildman–Crippen MR) is 116 cm³/mol. The second-order valence-corrected chi connectivity index (χ2v) is 8.34. The van der Waals surface area contributed by atoms with Gasteiger partial charge in [0.1, 0.15) is 6.54 Å². The molecule has 2 aromatic heterocycles. The van der Waals surface area contributed by atoms with Crippen molar-refractivity contribution >= 4 is 27.7 Å². The summed E-state index contributed by atoms with van der Waals surface area (Å²) < 4.78 is 3.81. The average molecular weight is 398 g/mol. The Balaban J connectivity index is 1.55. The summed E-state index contributed by atoms with van der Waals surface area (Å²) >= 11 is 0. The van der Waals surface area contributed by atoms with Crippen molar-refractivity contribution in [3.63, 3.8) is 0 Å². The average Bonchev–Trinajstić information content (AvgIpc) is 3.55. The maximum atomic E-state index is 13.2. The first-order chi connectivity index (χ1) is 14.7. The Morgan fingerprint density at radius 2 is 1.83 bits per heavy atom. The third-order valence-corrected chi connectivity index (χ3v) is 6.32. The Bertz CT molecular complexity index is 1380. The van der Waals surface area contributed by atoms with E-state index >= 15 is 0 Å². The van der Waals surface area contributed by atoms with Crippen LogP contribution in [0.5, 0.6) is 0 Å². The number of amides is 1. The van der Waals surface area contributed by atoms with Crippen molar-refractivity contribution in [2.75, 3.05) is 6.54 Å². The Labute approximate surface area is 173 Å². The molecule has 0 unspecified atom stereocenters. The largest absolute Gasteiger partial charge is 0.354 e. The molecule has 6 heteroatoms. The van der Waals surface area contributed by atoms with Gasteiger partial charge in [0.05, 0.1) is 16.6 Å². The van der Waals surface area contributed by atoms with Gasteiger partial charge < -0.3 is 9.88 Å². The van der Waals surface area contributed by atoms with Crippen LogP contribution in [0.4, 0.5) is 0 Å². The summed E-state index contributed by atoms with van der Waals surface area (Å²) in [4.78, 5) is 30.8. The minimum absolute atomic E-state index is 0.00529. The van der Waals surface area contributed by atoms with Crippen molar-refractivity contribution < 1.29 is 4.79 Å². The number of aromatic nitrogens is 3. The highest BCUT2D eigenvalue weighted by atomic mass is 16.2. The molecule has 3 heterocycles. The molecular formula is C24H22N4O2. The van der Waals surface area contributed by atoms with Gasteiger partial charge in [0.15, 0.2) is 5.82 Å². The quantitative estimate of drug-likeness (QED) is 0.574. The van der Waals surface area contributed by atoms with Gasteiger partial charge in [-0.2, -0.15) is 0 Å². The number of carbonyl (C=O) groups excluding carboxylic acids is 1. The summed E-state index contributed by atoms with van der Waals surface area (Å²) in [6.07, 6.45) is 3.16. The number of nitrogens with zero attached hydrogens (tertiary/aromatic N) is 3. The van der Waals surface area contributed by atoms with E-state index in [0.717, 1.165) is 29.6 Å². The molecule has 1 fully saturated rings. The normalized spacial score (nSPS) is 15.2. The van der Waals surface area contributed by atoms with E-state index in [1.807, 2.05) is 47.0 Å². The first kappa shape index (κ1) is 17.4.